The van der Waals surface area contributed by atoms with E-state index in [4.69, 9.17) is 19.7 Å². The third-order valence-corrected chi connectivity index (χ3v) is 3.78. The quantitative estimate of drug-likeness (QED) is 0.265. The second kappa shape index (κ2) is 20.2. The van der Waals surface area contributed by atoms with Gasteiger partial charge >= 0.3 is 23.9 Å². The van der Waals surface area contributed by atoms with E-state index in [1.165, 1.54) is 0 Å². The molecular weight excluding hydrogens is 392 g/mol. The molecule has 0 heterocycles. The molecule has 0 unspecified atom stereocenters. The monoisotopic (exact) mass is 432 g/mol. The van der Waals surface area contributed by atoms with Gasteiger partial charge in [-0.15, -0.1) is 0 Å². The van der Waals surface area contributed by atoms with Crippen LogP contribution in [0.3, 0.4) is 0 Å². The van der Waals surface area contributed by atoms with Gasteiger partial charge in [-0.2, -0.15) is 0 Å². The molecule has 0 aromatic heterocycles. The lowest BCUT2D eigenvalue weighted by Crippen LogP contribution is -2.11. The van der Waals surface area contributed by atoms with Gasteiger partial charge < -0.3 is 19.7 Å². The number of carbonyl (C=O) groups is 4. The summed E-state index contributed by atoms with van der Waals surface area (Å²) in [7, 11) is 0. The Morgan fingerprint density at radius 3 is 1.07 bits per heavy atom. The third-order valence-electron chi connectivity index (χ3n) is 3.78. The summed E-state index contributed by atoms with van der Waals surface area (Å²) in [5.74, 6) is -1.94. The summed E-state index contributed by atoms with van der Waals surface area (Å²) in [6.45, 7) is 7.45. The van der Waals surface area contributed by atoms with E-state index in [1.807, 2.05) is 27.7 Å². The lowest BCUT2D eigenvalue weighted by Gasteiger charge is -2.08. The Bertz CT molecular complexity index is 442. The molecule has 0 aliphatic rings. The molecule has 0 amide bonds. The first-order valence-corrected chi connectivity index (χ1v) is 10.9. The molecule has 0 radical (unpaired) electrons. The second-order valence-corrected chi connectivity index (χ2v) is 7.69. The summed E-state index contributed by atoms with van der Waals surface area (Å²) in [6.07, 6.45) is 8.08. The molecule has 0 spiro atoms. The normalized spacial score (nSPS) is 10.3. The maximum atomic E-state index is 11.3. The Morgan fingerprint density at radius 2 is 0.800 bits per heavy atom. The summed E-state index contributed by atoms with van der Waals surface area (Å²) >= 11 is 0. The van der Waals surface area contributed by atoms with E-state index in [-0.39, 0.29) is 37.0 Å². The predicted octanol–water partition coefficient (Wildman–Crippen LogP) is 4.73. The van der Waals surface area contributed by atoms with Crippen LogP contribution in [0.25, 0.3) is 0 Å². The maximum absolute atomic E-state index is 11.3. The Morgan fingerprint density at radius 1 is 0.533 bits per heavy atom. The molecule has 0 fully saturated rings. The highest BCUT2D eigenvalue weighted by atomic mass is 16.5. The molecule has 0 saturated carbocycles. The number of ether oxygens (including phenoxy) is 2. The van der Waals surface area contributed by atoms with Crippen molar-refractivity contribution in [3.05, 3.63) is 0 Å². The first-order valence-electron chi connectivity index (χ1n) is 10.9. The Labute approximate surface area is 180 Å². The molecule has 30 heavy (non-hydrogen) atoms. The van der Waals surface area contributed by atoms with Crippen LogP contribution in [0.2, 0.25) is 0 Å². The van der Waals surface area contributed by atoms with E-state index in [0.717, 1.165) is 38.5 Å². The summed E-state index contributed by atoms with van der Waals surface area (Å²) in [5, 5.41) is 16.3. The van der Waals surface area contributed by atoms with Crippen molar-refractivity contribution in [3.63, 3.8) is 0 Å². The standard InChI is InChI=1S/C16H30O4.C6H10O4/c1-13(2)19-15(17)11-9-7-5-6-8-10-12-16(18)20-14(3)4;7-5(8)3-1-2-4-6(9)10/h13-14H,5-12H2,1-4H3;1-4H2,(H,7,8)(H,9,10). The van der Waals surface area contributed by atoms with Crippen LogP contribution in [0.4, 0.5) is 0 Å². The Kier molecular flexibility index (Phi) is 20.2. The zero-order valence-electron chi connectivity index (χ0n) is 19.0. The summed E-state index contributed by atoms with van der Waals surface area (Å²) in [4.78, 5) is 42.3. The molecule has 0 atom stereocenters. The molecule has 8 heteroatoms. The van der Waals surface area contributed by atoms with Gasteiger partial charge in [-0.1, -0.05) is 25.7 Å². The lowest BCUT2D eigenvalue weighted by molar-refractivity contribution is -0.148. The number of hydrogen-bond donors (Lipinski definition) is 2. The van der Waals surface area contributed by atoms with E-state index in [9.17, 15) is 19.2 Å². The van der Waals surface area contributed by atoms with Gasteiger partial charge in [0, 0.05) is 25.7 Å². The number of hydrogen-bond acceptors (Lipinski definition) is 6. The second-order valence-electron chi connectivity index (χ2n) is 7.69. The zero-order valence-corrected chi connectivity index (χ0v) is 19.0. The average Bonchev–Trinajstić information content (AvgIpc) is 2.60. The van der Waals surface area contributed by atoms with Gasteiger partial charge in [0.15, 0.2) is 0 Å². The van der Waals surface area contributed by atoms with Gasteiger partial charge in [-0.05, 0) is 53.4 Å². The number of unbranched alkanes of at least 4 members (excludes halogenated alkanes) is 6. The molecule has 176 valence electrons. The first kappa shape index (κ1) is 30.1. The van der Waals surface area contributed by atoms with Crippen molar-refractivity contribution < 1.29 is 38.9 Å². The van der Waals surface area contributed by atoms with Crippen molar-refractivity contribution in [2.45, 2.75) is 117 Å². The third kappa shape index (κ3) is 28.1. The fraction of sp³-hybridized carbons (Fsp3) is 0.818. The maximum Gasteiger partial charge on any atom is 0.306 e. The Hall–Kier alpha value is -2.12. The molecule has 0 aliphatic carbocycles. The van der Waals surface area contributed by atoms with Gasteiger partial charge in [0.05, 0.1) is 12.2 Å². The van der Waals surface area contributed by atoms with Crippen molar-refractivity contribution >= 4 is 23.9 Å². The van der Waals surface area contributed by atoms with Crippen LogP contribution < -0.4 is 0 Å². The van der Waals surface area contributed by atoms with Crippen molar-refractivity contribution in [3.8, 4) is 0 Å². The minimum absolute atomic E-state index is 0.0203. The van der Waals surface area contributed by atoms with Crippen LogP contribution in [0, 0.1) is 0 Å². The van der Waals surface area contributed by atoms with E-state index in [0.29, 0.717) is 25.7 Å². The van der Waals surface area contributed by atoms with Crippen LogP contribution in [-0.2, 0) is 28.7 Å². The van der Waals surface area contributed by atoms with Crippen LogP contribution >= 0.6 is 0 Å². The summed E-state index contributed by atoms with van der Waals surface area (Å²) in [6, 6.07) is 0. The van der Waals surface area contributed by atoms with Crippen molar-refractivity contribution in [1.82, 2.24) is 0 Å². The van der Waals surface area contributed by atoms with Gasteiger partial charge in [0.1, 0.15) is 0 Å². The van der Waals surface area contributed by atoms with Crippen LogP contribution in [0.5, 0.6) is 0 Å². The zero-order chi connectivity index (χ0) is 23.4. The smallest absolute Gasteiger partial charge is 0.306 e. The highest BCUT2D eigenvalue weighted by molar-refractivity contribution is 5.69. The van der Waals surface area contributed by atoms with E-state index >= 15 is 0 Å². The average molecular weight is 433 g/mol. The summed E-state index contributed by atoms with van der Waals surface area (Å²) in [5.41, 5.74) is 0. The van der Waals surface area contributed by atoms with Crippen molar-refractivity contribution in [2.24, 2.45) is 0 Å². The molecule has 0 rings (SSSR count). The minimum Gasteiger partial charge on any atom is -0.481 e. The van der Waals surface area contributed by atoms with E-state index in [1.54, 1.807) is 0 Å². The van der Waals surface area contributed by atoms with Crippen LogP contribution in [0.15, 0.2) is 0 Å². The number of aliphatic carboxylic acids is 2. The fourth-order valence-electron chi connectivity index (χ4n) is 2.44. The highest BCUT2D eigenvalue weighted by Gasteiger charge is 2.06. The summed E-state index contributed by atoms with van der Waals surface area (Å²) < 4.78 is 10.1. The minimum atomic E-state index is -0.870. The van der Waals surface area contributed by atoms with E-state index < -0.39 is 11.9 Å². The molecule has 0 aromatic rings. The predicted molar refractivity (Wildman–Crippen MR) is 113 cm³/mol. The number of carbonyl (C=O) groups excluding carboxylic acids is 2. The number of rotatable bonds is 16. The molecule has 0 bridgehead atoms. The van der Waals surface area contributed by atoms with Gasteiger partial charge in [0.2, 0.25) is 0 Å². The topological polar surface area (TPSA) is 127 Å². The first-order chi connectivity index (χ1) is 14.0. The van der Waals surface area contributed by atoms with Crippen LogP contribution in [-0.4, -0.2) is 46.3 Å². The fourth-order valence-corrected chi connectivity index (χ4v) is 2.44. The van der Waals surface area contributed by atoms with Gasteiger partial charge in [-0.3, -0.25) is 19.2 Å². The molecule has 0 saturated heterocycles. The Balaban J connectivity index is 0. The van der Waals surface area contributed by atoms with Gasteiger partial charge in [0.25, 0.3) is 0 Å². The van der Waals surface area contributed by atoms with Crippen molar-refractivity contribution in [2.75, 3.05) is 0 Å². The molecule has 0 aromatic carbocycles. The molecule has 8 nitrogen and oxygen atoms in total. The van der Waals surface area contributed by atoms with Gasteiger partial charge in [-0.25, -0.2) is 0 Å². The number of esters is 2. The number of carboxylic acids is 2. The molecular formula is C22H40O8. The lowest BCUT2D eigenvalue weighted by atomic mass is 10.1. The highest BCUT2D eigenvalue weighted by Crippen LogP contribution is 2.10. The SMILES string of the molecule is CC(C)OC(=O)CCCCCCCCC(=O)OC(C)C.O=C(O)CCCCC(=O)O. The largest absolute Gasteiger partial charge is 0.481 e. The van der Waals surface area contributed by atoms with Crippen molar-refractivity contribution in [1.29, 1.82) is 0 Å². The van der Waals surface area contributed by atoms with E-state index in [2.05, 4.69) is 0 Å². The molecule has 0 aliphatic heterocycles. The molecule has 2 N–H and O–H groups in total. The number of carboxylic acid groups (broad SMARTS) is 2. The van der Waals surface area contributed by atoms with Crippen LogP contribution in [0.1, 0.15) is 105 Å².